The second-order valence-corrected chi connectivity index (χ2v) is 6.58. The molecule has 1 aromatic heterocycles. The largest absolute Gasteiger partial charge is 0.346 e. The summed E-state index contributed by atoms with van der Waals surface area (Å²) in [5.74, 6) is 1.34. The lowest BCUT2D eigenvalue weighted by Crippen LogP contribution is -2.45. The minimum absolute atomic E-state index is 0.0278. The van der Waals surface area contributed by atoms with Gasteiger partial charge in [0, 0.05) is 58.6 Å². The number of amides is 1. The quantitative estimate of drug-likeness (QED) is 0.847. The van der Waals surface area contributed by atoms with Gasteiger partial charge in [0.1, 0.15) is 5.82 Å². The maximum Gasteiger partial charge on any atom is 0.221 e. The number of hydrogen-bond donors (Lipinski definition) is 1. The molecule has 0 spiro atoms. The summed E-state index contributed by atoms with van der Waals surface area (Å²) in [6.07, 6.45) is 4.25. The number of likely N-dealkylation sites (N-methyl/N-ethyl adjacent to an activating group) is 1. The zero-order chi connectivity index (χ0) is 16.1. The number of rotatable bonds is 6. The summed E-state index contributed by atoms with van der Waals surface area (Å²) in [5, 5.41) is 3.15. The van der Waals surface area contributed by atoms with Gasteiger partial charge in [-0.25, -0.2) is 4.98 Å². The smallest absolute Gasteiger partial charge is 0.221 e. The normalized spacial score (nSPS) is 18.6. The number of nitrogens with one attached hydrogen (secondary N) is 1. The van der Waals surface area contributed by atoms with Crippen LogP contribution in [0, 0.1) is 5.92 Å². The molecule has 2 rings (SSSR count). The zero-order valence-corrected chi connectivity index (χ0v) is 14.2. The predicted octanol–water partition coefficient (Wildman–Crippen LogP) is 0.871. The van der Waals surface area contributed by atoms with Crippen LogP contribution in [0.2, 0.25) is 0 Å². The number of carbonyl (C=O) groups is 1. The SMILES string of the molecule is CC(C)C(NC(=O)CCN1CCN(C)CC1)c1nccn1C. The Labute approximate surface area is 133 Å². The van der Waals surface area contributed by atoms with Crippen molar-refractivity contribution < 1.29 is 4.79 Å². The third-order valence-corrected chi connectivity index (χ3v) is 4.37. The van der Waals surface area contributed by atoms with Crippen LogP contribution >= 0.6 is 0 Å². The molecule has 6 heteroatoms. The number of imidazole rings is 1. The molecule has 1 aromatic rings. The van der Waals surface area contributed by atoms with Crippen LogP contribution in [0.15, 0.2) is 12.4 Å². The summed E-state index contributed by atoms with van der Waals surface area (Å²) in [6.45, 7) is 9.34. The van der Waals surface area contributed by atoms with E-state index in [-0.39, 0.29) is 11.9 Å². The van der Waals surface area contributed by atoms with E-state index < -0.39 is 0 Å². The topological polar surface area (TPSA) is 53.4 Å². The molecule has 0 bridgehead atoms. The van der Waals surface area contributed by atoms with Crippen LogP contribution in [0.5, 0.6) is 0 Å². The molecule has 1 atom stereocenters. The van der Waals surface area contributed by atoms with Crippen LogP contribution < -0.4 is 5.32 Å². The van der Waals surface area contributed by atoms with Gasteiger partial charge in [-0.05, 0) is 13.0 Å². The van der Waals surface area contributed by atoms with Gasteiger partial charge in [0.2, 0.25) is 5.91 Å². The van der Waals surface area contributed by atoms with E-state index in [1.54, 1.807) is 6.20 Å². The highest BCUT2D eigenvalue weighted by Crippen LogP contribution is 2.19. The number of carbonyl (C=O) groups excluding carboxylic acids is 1. The number of aryl methyl sites for hydroxylation is 1. The zero-order valence-electron chi connectivity index (χ0n) is 14.2. The van der Waals surface area contributed by atoms with Crippen LogP contribution in [-0.4, -0.2) is 65.0 Å². The second-order valence-electron chi connectivity index (χ2n) is 6.58. The molecule has 1 aliphatic heterocycles. The fraction of sp³-hybridized carbons (Fsp3) is 0.750. The minimum Gasteiger partial charge on any atom is -0.346 e. The maximum absolute atomic E-state index is 12.3. The number of hydrogen-bond acceptors (Lipinski definition) is 4. The molecule has 2 heterocycles. The first-order valence-corrected chi connectivity index (χ1v) is 8.15. The van der Waals surface area contributed by atoms with Crippen molar-refractivity contribution in [3.05, 3.63) is 18.2 Å². The summed E-state index contributed by atoms with van der Waals surface area (Å²) in [7, 11) is 4.11. The Morgan fingerprint density at radius 2 is 1.95 bits per heavy atom. The highest BCUT2D eigenvalue weighted by Gasteiger charge is 2.22. The Kier molecular flexibility index (Phi) is 5.97. The molecule has 1 amide bonds. The van der Waals surface area contributed by atoms with Crippen LogP contribution in [0.25, 0.3) is 0 Å². The summed E-state index contributed by atoms with van der Waals surface area (Å²) in [4.78, 5) is 21.4. The van der Waals surface area contributed by atoms with Crippen LogP contribution in [-0.2, 0) is 11.8 Å². The highest BCUT2D eigenvalue weighted by molar-refractivity contribution is 5.76. The first-order chi connectivity index (χ1) is 10.5. The number of piperazine rings is 1. The van der Waals surface area contributed by atoms with Crippen LogP contribution in [0.1, 0.15) is 32.1 Å². The van der Waals surface area contributed by atoms with E-state index in [2.05, 4.69) is 41.0 Å². The van der Waals surface area contributed by atoms with Crippen molar-refractivity contribution in [2.75, 3.05) is 39.8 Å². The van der Waals surface area contributed by atoms with E-state index in [1.165, 1.54) is 0 Å². The highest BCUT2D eigenvalue weighted by atomic mass is 16.1. The Morgan fingerprint density at radius 3 is 2.50 bits per heavy atom. The van der Waals surface area contributed by atoms with Crippen molar-refractivity contribution in [1.29, 1.82) is 0 Å². The molecule has 1 unspecified atom stereocenters. The minimum atomic E-state index is -0.0278. The van der Waals surface area contributed by atoms with Crippen molar-refractivity contribution in [2.45, 2.75) is 26.3 Å². The van der Waals surface area contributed by atoms with Gasteiger partial charge in [-0.15, -0.1) is 0 Å². The van der Waals surface area contributed by atoms with E-state index >= 15 is 0 Å². The van der Waals surface area contributed by atoms with Gasteiger partial charge >= 0.3 is 0 Å². The van der Waals surface area contributed by atoms with Gasteiger partial charge < -0.3 is 19.7 Å². The van der Waals surface area contributed by atoms with Gasteiger partial charge in [-0.3, -0.25) is 4.79 Å². The summed E-state index contributed by atoms with van der Waals surface area (Å²) < 4.78 is 1.98. The summed E-state index contributed by atoms with van der Waals surface area (Å²) in [5.41, 5.74) is 0. The fourth-order valence-corrected chi connectivity index (χ4v) is 2.78. The Bertz CT molecular complexity index is 477. The van der Waals surface area contributed by atoms with Crippen molar-refractivity contribution in [3.63, 3.8) is 0 Å². The molecule has 0 saturated carbocycles. The monoisotopic (exact) mass is 307 g/mol. The fourth-order valence-electron chi connectivity index (χ4n) is 2.78. The number of nitrogens with zero attached hydrogens (tertiary/aromatic N) is 4. The van der Waals surface area contributed by atoms with E-state index in [0.717, 1.165) is 38.5 Å². The maximum atomic E-state index is 12.3. The molecule has 0 aromatic carbocycles. The lowest BCUT2D eigenvalue weighted by Gasteiger charge is -2.32. The van der Waals surface area contributed by atoms with E-state index in [4.69, 9.17) is 0 Å². The van der Waals surface area contributed by atoms with E-state index in [9.17, 15) is 4.79 Å². The summed E-state index contributed by atoms with van der Waals surface area (Å²) in [6, 6.07) is -0.0278. The average Bonchev–Trinajstić information content (AvgIpc) is 2.90. The van der Waals surface area contributed by atoms with E-state index in [1.807, 2.05) is 17.8 Å². The molecule has 6 nitrogen and oxygen atoms in total. The molecular formula is C16H29N5O. The molecule has 0 aliphatic carbocycles. The molecule has 1 aliphatic rings. The Balaban J connectivity index is 1.83. The van der Waals surface area contributed by atoms with E-state index in [0.29, 0.717) is 12.3 Å². The van der Waals surface area contributed by atoms with Crippen molar-refractivity contribution in [1.82, 2.24) is 24.7 Å². The molecule has 0 radical (unpaired) electrons. The standard InChI is InChI=1S/C16H29N5O/c1-13(2)15(16-17-6-8-20(16)4)18-14(22)5-7-21-11-9-19(3)10-12-21/h6,8,13,15H,5,7,9-12H2,1-4H3,(H,18,22). The molecule has 22 heavy (non-hydrogen) atoms. The van der Waals surface area contributed by atoms with Gasteiger partial charge in [-0.2, -0.15) is 0 Å². The molecule has 1 saturated heterocycles. The Morgan fingerprint density at radius 1 is 1.27 bits per heavy atom. The average molecular weight is 307 g/mol. The van der Waals surface area contributed by atoms with Crippen molar-refractivity contribution in [3.8, 4) is 0 Å². The molecule has 124 valence electrons. The van der Waals surface area contributed by atoms with Crippen LogP contribution in [0.3, 0.4) is 0 Å². The van der Waals surface area contributed by atoms with Crippen molar-refractivity contribution in [2.24, 2.45) is 13.0 Å². The third kappa shape index (κ3) is 4.55. The molecule has 1 N–H and O–H groups in total. The van der Waals surface area contributed by atoms with Gasteiger partial charge in [0.05, 0.1) is 6.04 Å². The van der Waals surface area contributed by atoms with Gasteiger partial charge in [0.25, 0.3) is 0 Å². The second kappa shape index (κ2) is 7.74. The van der Waals surface area contributed by atoms with Gasteiger partial charge in [0.15, 0.2) is 0 Å². The first kappa shape index (κ1) is 17.0. The Hall–Kier alpha value is -1.40. The van der Waals surface area contributed by atoms with Crippen molar-refractivity contribution >= 4 is 5.91 Å². The molecular weight excluding hydrogens is 278 g/mol. The number of aromatic nitrogens is 2. The molecule has 1 fully saturated rings. The lowest BCUT2D eigenvalue weighted by atomic mass is 10.0. The van der Waals surface area contributed by atoms with Gasteiger partial charge in [-0.1, -0.05) is 13.8 Å². The predicted molar refractivity (Wildman–Crippen MR) is 87.5 cm³/mol. The van der Waals surface area contributed by atoms with Crippen LogP contribution in [0.4, 0.5) is 0 Å². The summed E-state index contributed by atoms with van der Waals surface area (Å²) >= 11 is 0. The first-order valence-electron chi connectivity index (χ1n) is 8.15. The third-order valence-electron chi connectivity index (χ3n) is 4.37. The lowest BCUT2D eigenvalue weighted by molar-refractivity contribution is -0.122.